The number of rotatable bonds is 3. The molecule has 2 aliphatic heterocycles. The highest BCUT2D eigenvalue weighted by Crippen LogP contribution is 2.81. The van der Waals surface area contributed by atoms with Gasteiger partial charge in [-0.15, -0.1) is 0 Å². The molecular formula is C17H17N4O2S+. The van der Waals surface area contributed by atoms with Crippen LogP contribution in [0.3, 0.4) is 0 Å². The number of nitrogens with two attached hydrogens (primary N) is 1. The highest BCUT2D eigenvalue weighted by atomic mass is 32.2. The SMILES string of the molecule is CCOc1ccccc1[C@@H]1[C@@]2(C#N)[C@@]3([NH+]=C(N)[C@@]12C#N)OCCS3. The van der Waals surface area contributed by atoms with Crippen molar-refractivity contribution in [3.63, 3.8) is 0 Å². The number of ether oxygens (including phenoxy) is 2. The van der Waals surface area contributed by atoms with Gasteiger partial charge in [-0.2, -0.15) is 10.5 Å². The Morgan fingerprint density at radius 3 is 2.83 bits per heavy atom. The first-order valence-corrected chi connectivity index (χ1v) is 8.85. The molecule has 24 heavy (non-hydrogen) atoms. The van der Waals surface area contributed by atoms with E-state index in [9.17, 15) is 10.5 Å². The second kappa shape index (κ2) is 4.89. The molecule has 1 aliphatic carbocycles. The average molecular weight is 341 g/mol. The van der Waals surface area contributed by atoms with Gasteiger partial charge in [0.2, 0.25) is 0 Å². The molecule has 0 aromatic heterocycles. The van der Waals surface area contributed by atoms with E-state index in [1.165, 1.54) is 11.8 Å². The molecule has 0 radical (unpaired) electrons. The molecule has 7 heteroatoms. The number of fused-ring (bicyclic) bond motifs is 2. The number of para-hydroxylation sites is 1. The second-order valence-electron chi connectivity index (χ2n) is 6.10. The Bertz CT molecular complexity index is 821. The first-order chi connectivity index (χ1) is 11.6. The third-order valence-electron chi connectivity index (χ3n) is 5.22. The van der Waals surface area contributed by atoms with Crippen LogP contribution >= 0.6 is 11.8 Å². The molecule has 1 spiro atoms. The minimum Gasteiger partial charge on any atom is -0.494 e. The van der Waals surface area contributed by atoms with Crippen LogP contribution in [0.2, 0.25) is 0 Å². The lowest BCUT2D eigenvalue weighted by atomic mass is 9.95. The molecule has 3 N–H and O–H groups in total. The van der Waals surface area contributed by atoms with Crippen LogP contribution in [-0.4, -0.2) is 29.9 Å². The molecule has 1 saturated carbocycles. The molecular weight excluding hydrogens is 324 g/mol. The van der Waals surface area contributed by atoms with Crippen molar-refractivity contribution < 1.29 is 14.5 Å². The van der Waals surface area contributed by atoms with Crippen LogP contribution < -0.4 is 15.5 Å². The molecule has 4 rings (SSSR count). The lowest BCUT2D eigenvalue weighted by Crippen LogP contribution is -2.88. The van der Waals surface area contributed by atoms with Crippen molar-refractivity contribution in [1.82, 2.24) is 0 Å². The summed E-state index contributed by atoms with van der Waals surface area (Å²) in [7, 11) is 0. The monoisotopic (exact) mass is 341 g/mol. The predicted octanol–water partition coefficient (Wildman–Crippen LogP) is 0.0711. The van der Waals surface area contributed by atoms with E-state index in [1.54, 1.807) is 0 Å². The summed E-state index contributed by atoms with van der Waals surface area (Å²) in [5.74, 6) is 1.38. The number of amidine groups is 1. The summed E-state index contributed by atoms with van der Waals surface area (Å²) in [5, 5.41) is 19.1. The standard InChI is InChI=1S/C17H16N4O2S/c1-2-22-12-6-4-3-5-11(12)13-15(9-18)14(20)21-17(16(13,15)10-19)23-7-8-24-17/h3-6,13H,2,7-8H2,1H3,(H2,20,21)/p+1/t13-,15+,16+,17+/m0/s1. The molecule has 3 aliphatic rings. The van der Waals surface area contributed by atoms with Crippen LogP contribution in [0.25, 0.3) is 0 Å². The zero-order valence-electron chi connectivity index (χ0n) is 13.2. The van der Waals surface area contributed by atoms with E-state index < -0.39 is 15.9 Å². The fourth-order valence-electron chi connectivity index (χ4n) is 4.29. The topological polar surface area (TPSA) is 106 Å². The number of hydrogen-bond donors (Lipinski definition) is 2. The Morgan fingerprint density at radius 2 is 2.21 bits per heavy atom. The van der Waals surface area contributed by atoms with Crippen LogP contribution in [0, 0.1) is 33.5 Å². The summed E-state index contributed by atoms with van der Waals surface area (Å²) in [6.07, 6.45) is 0. The van der Waals surface area contributed by atoms with Gasteiger partial charge in [0.25, 0.3) is 10.9 Å². The zero-order chi connectivity index (χ0) is 17.0. The Balaban J connectivity index is 1.92. The third kappa shape index (κ3) is 1.43. The molecule has 122 valence electrons. The number of nitrogens with one attached hydrogen (secondary N) is 1. The Hall–Kier alpha value is -2.22. The quantitative estimate of drug-likeness (QED) is 0.806. The van der Waals surface area contributed by atoms with E-state index in [0.717, 1.165) is 11.3 Å². The molecule has 0 unspecified atom stereocenters. The van der Waals surface area contributed by atoms with Gasteiger partial charge in [-0.25, -0.2) is 4.99 Å². The summed E-state index contributed by atoms with van der Waals surface area (Å²) < 4.78 is 11.7. The van der Waals surface area contributed by atoms with Gasteiger partial charge in [0.1, 0.15) is 5.75 Å². The first-order valence-electron chi connectivity index (χ1n) is 7.86. The number of hydrogen-bond acceptors (Lipinski definition) is 6. The minimum atomic E-state index is -1.10. The fraction of sp³-hybridized carbons (Fsp3) is 0.471. The first kappa shape index (κ1) is 15.3. The molecule has 1 aromatic rings. The van der Waals surface area contributed by atoms with E-state index in [-0.39, 0.29) is 5.92 Å². The van der Waals surface area contributed by atoms with Crippen LogP contribution in [0.5, 0.6) is 5.75 Å². The van der Waals surface area contributed by atoms with Gasteiger partial charge < -0.3 is 9.47 Å². The minimum absolute atomic E-state index is 0.317. The summed E-state index contributed by atoms with van der Waals surface area (Å²) in [6, 6.07) is 12.3. The average Bonchev–Trinajstić information content (AvgIpc) is 2.83. The molecule has 4 atom stereocenters. The lowest BCUT2D eigenvalue weighted by molar-refractivity contribution is -0.583. The van der Waals surface area contributed by atoms with Crippen LogP contribution in [0.15, 0.2) is 24.3 Å². The summed E-state index contributed by atoms with van der Waals surface area (Å²) >= 11 is 1.51. The summed E-state index contributed by atoms with van der Waals surface area (Å²) in [5.41, 5.74) is 4.90. The van der Waals surface area contributed by atoms with Crippen LogP contribution in [0.4, 0.5) is 0 Å². The Kier molecular flexibility index (Phi) is 3.12. The number of nitrogens with zero attached hydrogens (tertiary/aromatic N) is 2. The van der Waals surface area contributed by atoms with E-state index in [2.05, 4.69) is 17.1 Å². The van der Waals surface area contributed by atoms with Crippen LogP contribution in [0.1, 0.15) is 18.4 Å². The Labute approximate surface area is 144 Å². The molecule has 1 aromatic carbocycles. The maximum Gasteiger partial charge on any atom is 0.277 e. The van der Waals surface area contributed by atoms with Crippen molar-refractivity contribution in [2.24, 2.45) is 16.6 Å². The number of thioether (sulfide) groups is 1. The van der Waals surface area contributed by atoms with Crippen molar-refractivity contribution in [2.45, 2.75) is 17.9 Å². The molecule has 2 heterocycles. The largest absolute Gasteiger partial charge is 0.494 e. The number of benzene rings is 1. The number of nitriles is 2. The molecule has 0 amide bonds. The summed E-state index contributed by atoms with van der Waals surface area (Å²) in [6.45, 7) is 2.94. The Morgan fingerprint density at radius 1 is 1.42 bits per heavy atom. The van der Waals surface area contributed by atoms with E-state index in [4.69, 9.17) is 15.2 Å². The fourth-order valence-corrected chi connectivity index (χ4v) is 5.65. The molecule has 2 fully saturated rings. The van der Waals surface area contributed by atoms with Gasteiger partial charge in [-0.1, -0.05) is 30.0 Å². The zero-order valence-corrected chi connectivity index (χ0v) is 14.0. The predicted molar refractivity (Wildman–Crippen MR) is 87.7 cm³/mol. The molecule has 0 bridgehead atoms. The van der Waals surface area contributed by atoms with Crippen molar-refractivity contribution >= 4 is 17.6 Å². The second-order valence-corrected chi connectivity index (χ2v) is 7.37. The van der Waals surface area contributed by atoms with Crippen LogP contribution in [-0.2, 0) is 4.74 Å². The van der Waals surface area contributed by atoms with E-state index >= 15 is 0 Å². The van der Waals surface area contributed by atoms with Crippen molar-refractivity contribution in [3.05, 3.63) is 29.8 Å². The molecule has 1 saturated heterocycles. The van der Waals surface area contributed by atoms with Crippen molar-refractivity contribution in [3.8, 4) is 17.9 Å². The summed E-state index contributed by atoms with van der Waals surface area (Å²) in [4.78, 5) is 3.11. The van der Waals surface area contributed by atoms with Crippen molar-refractivity contribution in [1.29, 1.82) is 10.5 Å². The smallest absolute Gasteiger partial charge is 0.277 e. The van der Waals surface area contributed by atoms with Gasteiger partial charge in [0, 0.05) is 17.2 Å². The highest BCUT2D eigenvalue weighted by molar-refractivity contribution is 8.00. The lowest BCUT2D eigenvalue weighted by Gasteiger charge is -2.24. The van der Waals surface area contributed by atoms with Gasteiger partial charge in [0.15, 0.2) is 10.8 Å². The third-order valence-corrected chi connectivity index (χ3v) is 6.54. The van der Waals surface area contributed by atoms with Crippen molar-refractivity contribution in [2.75, 3.05) is 19.0 Å². The maximum absolute atomic E-state index is 10.1. The van der Waals surface area contributed by atoms with Gasteiger partial charge >= 0.3 is 0 Å². The van der Waals surface area contributed by atoms with E-state index in [0.29, 0.717) is 24.8 Å². The van der Waals surface area contributed by atoms with E-state index in [1.807, 2.05) is 31.2 Å². The maximum atomic E-state index is 10.1. The molecule has 6 nitrogen and oxygen atoms in total. The van der Waals surface area contributed by atoms with Gasteiger partial charge in [-0.3, -0.25) is 5.73 Å². The van der Waals surface area contributed by atoms with Gasteiger partial charge in [-0.05, 0) is 13.0 Å². The normalized spacial score (nSPS) is 39.0. The van der Waals surface area contributed by atoms with Gasteiger partial charge in [0.05, 0.1) is 25.4 Å². The highest BCUT2D eigenvalue weighted by Gasteiger charge is 2.96.